The molecule has 1 fully saturated rings. The van der Waals surface area contributed by atoms with Crippen molar-refractivity contribution in [1.29, 1.82) is 0 Å². The van der Waals surface area contributed by atoms with E-state index in [0.717, 1.165) is 28.8 Å². The molecule has 4 heteroatoms. The second kappa shape index (κ2) is 5.85. The van der Waals surface area contributed by atoms with Crippen LogP contribution < -0.4 is 4.74 Å². The second-order valence-corrected chi connectivity index (χ2v) is 5.10. The Morgan fingerprint density at radius 3 is 3.06 bits per heavy atom. The van der Waals surface area contributed by atoms with Gasteiger partial charge in [0.1, 0.15) is 5.75 Å². The molecule has 0 amide bonds. The number of hydrogen-bond donors (Lipinski definition) is 1. The number of hydrogen-bond acceptors (Lipinski definition) is 3. The lowest BCUT2D eigenvalue weighted by atomic mass is 9.94. The first-order chi connectivity index (χ1) is 8.22. The van der Waals surface area contributed by atoms with Gasteiger partial charge < -0.3 is 14.6 Å². The fourth-order valence-electron chi connectivity index (χ4n) is 2.09. The molecule has 2 atom stereocenters. The van der Waals surface area contributed by atoms with Gasteiger partial charge in [0.15, 0.2) is 0 Å². The standard InChI is InChI=1S/C13H17BrO3/c1-2-17-12-4-3-10(14)7-11(12)13(15)9-5-6-16-8-9/h3-4,7,9,13,15H,2,5-6,8H2,1H3. The molecule has 1 saturated heterocycles. The molecule has 2 rings (SSSR count). The fraction of sp³-hybridized carbons (Fsp3) is 0.538. The largest absolute Gasteiger partial charge is 0.493 e. The number of aliphatic hydroxyl groups excluding tert-OH is 1. The second-order valence-electron chi connectivity index (χ2n) is 4.18. The number of ether oxygens (including phenoxy) is 2. The summed E-state index contributed by atoms with van der Waals surface area (Å²) in [6.45, 7) is 3.90. The molecule has 0 spiro atoms. The van der Waals surface area contributed by atoms with Crippen LogP contribution >= 0.6 is 15.9 Å². The van der Waals surface area contributed by atoms with Gasteiger partial charge in [0.25, 0.3) is 0 Å². The number of rotatable bonds is 4. The van der Waals surface area contributed by atoms with Gasteiger partial charge in [-0.05, 0) is 31.5 Å². The zero-order chi connectivity index (χ0) is 12.3. The highest BCUT2D eigenvalue weighted by Crippen LogP contribution is 2.35. The van der Waals surface area contributed by atoms with E-state index < -0.39 is 6.10 Å². The maximum absolute atomic E-state index is 10.4. The van der Waals surface area contributed by atoms with Crippen molar-refractivity contribution >= 4 is 15.9 Å². The summed E-state index contributed by atoms with van der Waals surface area (Å²) in [6.07, 6.45) is 0.385. The van der Waals surface area contributed by atoms with Gasteiger partial charge in [0.2, 0.25) is 0 Å². The van der Waals surface area contributed by atoms with Crippen molar-refractivity contribution in [2.45, 2.75) is 19.4 Å². The minimum Gasteiger partial charge on any atom is -0.493 e. The van der Waals surface area contributed by atoms with Crippen LogP contribution in [0, 0.1) is 5.92 Å². The highest BCUT2D eigenvalue weighted by Gasteiger charge is 2.27. The SMILES string of the molecule is CCOc1ccc(Br)cc1C(O)C1CCOC1. The number of halogens is 1. The molecule has 1 N–H and O–H groups in total. The van der Waals surface area contributed by atoms with Crippen LogP contribution in [0.1, 0.15) is 25.0 Å². The molecule has 1 aromatic rings. The van der Waals surface area contributed by atoms with Crippen LogP contribution in [0.4, 0.5) is 0 Å². The average molecular weight is 301 g/mol. The molecule has 94 valence electrons. The normalized spacial score (nSPS) is 21.5. The Hall–Kier alpha value is -0.580. The predicted octanol–water partition coefficient (Wildman–Crippen LogP) is 2.92. The van der Waals surface area contributed by atoms with Crippen molar-refractivity contribution in [3.8, 4) is 5.75 Å². The van der Waals surface area contributed by atoms with E-state index in [9.17, 15) is 5.11 Å². The monoisotopic (exact) mass is 300 g/mol. The summed E-state index contributed by atoms with van der Waals surface area (Å²) in [5.74, 6) is 0.929. The molecule has 17 heavy (non-hydrogen) atoms. The van der Waals surface area contributed by atoms with Crippen LogP contribution in [-0.4, -0.2) is 24.9 Å². The molecule has 1 aromatic carbocycles. The average Bonchev–Trinajstić information content (AvgIpc) is 2.84. The Morgan fingerprint density at radius 1 is 1.59 bits per heavy atom. The van der Waals surface area contributed by atoms with E-state index in [2.05, 4.69) is 15.9 Å². The van der Waals surface area contributed by atoms with E-state index in [1.54, 1.807) is 0 Å². The zero-order valence-electron chi connectivity index (χ0n) is 9.86. The molecule has 3 nitrogen and oxygen atoms in total. The van der Waals surface area contributed by atoms with Crippen molar-refractivity contribution in [3.63, 3.8) is 0 Å². The van der Waals surface area contributed by atoms with Crippen LogP contribution in [0.25, 0.3) is 0 Å². The van der Waals surface area contributed by atoms with E-state index >= 15 is 0 Å². The van der Waals surface area contributed by atoms with E-state index in [0.29, 0.717) is 13.2 Å². The van der Waals surface area contributed by atoms with Gasteiger partial charge in [0, 0.05) is 22.6 Å². The summed E-state index contributed by atoms with van der Waals surface area (Å²) in [6, 6.07) is 5.74. The topological polar surface area (TPSA) is 38.7 Å². The van der Waals surface area contributed by atoms with Crippen molar-refractivity contribution in [2.75, 3.05) is 19.8 Å². The van der Waals surface area contributed by atoms with E-state index in [-0.39, 0.29) is 5.92 Å². The summed E-state index contributed by atoms with van der Waals surface area (Å²) >= 11 is 3.43. The summed E-state index contributed by atoms with van der Waals surface area (Å²) in [7, 11) is 0. The molecule has 0 bridgehead atoms. The van der Waals surface area contributed by atoms with Crippen molar-refractivity contribution < 1.29 is 14.6 Å². The molecular weight excluding hydrogens is 284 g/mol. The lowest BCUT2D eigenvalue weighted by molar-refractivity contribution is 0.0891. The minimum absolute atomic E-state index is 0.170. The molecule has 1 heterocycles. The molecule has 0 aromatic heterocycles. The maximum Gasteiger partial charge on any atom is 0.125 e. The van der Waals surface area contributed by atoms with Crippen LogP contribution in [0.2, 0.25) is 0 Å². The Morgan fingerprint density at radius 2 is 2.41 bits per heavy atom. The lowest BCUT2D eigenvalue weighted by Crippen LogP contribution is -2.14. The highest BCUT2D eigenvalue weighted by atomic mass is 79.9. The summed E-state index contributed by atoms with van der Waals surface area (Å²) in [4.78, 5) is 0. The van der Waals surface area contributed by atoms with Crippen molar-refractivity contribution in [1.82, 2.24) is 0 Å². The van der Waals surface area contributed by atoms with Crippen molar-refractivity contribution in [3.05, 3.63) is 28.2 Å². The van der Waals surface area contributed by atoms with Gasteiger partial charge >= 0.3 is 0 Å². The maximum atomic E-state index is 10.4. The fourth-order valence-corrected chi connectivity index (χ4v) is 2.47. The van der Waals surface area contributed by atoms with Crippen LogP contribution in [0.3, 0.4) is 0 Å². The number of aliphatic hydroxyl groups is 1. The van der Waals surface area contributed by atoms with E-state index in [4.69, 9.17) is 9.47 Å². The van der Waals surface area contributed by atoms with Crippen molar-refractivity contribution in [2.24, 2.45) is 5.92 Å². The van der Waals surface area contributed by atoms with Crippen LogP contribution in [0.15, 0.2) is 22.7 Å². The molecule has 0 saturated carbocycles. The first-order valence-corrected chi connectivity index (χ1v) is 6.69. The quantitative estimate of drug-likeness (QED) is 0.929. The molecule has 1 aliphatic heterocycles. The van der Waals surface area contributed by atoms with Gasteiger partial charge in [-0.25, -0.2) is 0 Å². The Bertz CT molecular complexity index is 375. The third-order valence-electron chi connectivity index (χ3n) is 3.00. The van der Waals surface area contributed by atoms with Gasteiger partial charge in [0.05, 0.1) is 19.3 Å². The summed E-state index contributed by atoms with van der Waals surface area (Å²) in [5.41, 5.74) is 0.844. The smallest absolute Gasteiger partial charge is 0.125 e. The first kappa shape index (κ1) is 12.9. The highest BCUT2D eigenvalue weighted by molar-refractivity contribution is 9.10. The molecular formula is C13H17BrO3. The first-order valence-electron chi connectivity index (χ1n) is 5.90. The van der Waals surface area contributed by atoms with Crippen LogP contribution in [0.5, 0.6) is 5.75 Å². The molecule has 1 aliphatic rings. The predicted molar refractivity (Wildman–Crippen MR) is 69.2 cm³/mol. The molecule has 2 unspecified atom stereocenters. The Kier molecular flexibility index (Phi) is 4.42. The summed E-state index contributed by atoms with van der Waals surface area (Å²) < 4.78 is 11.8. The number of benzene rings is 1. The van der Waals surface area contributed by atoms with E-state index in [1.165, 1.54) is 0 Å². The lowest BCUT2D eigenvalue weighted by Gasteiger charge is -2.20. The Balaban J connectivity index is 2.24. The van der Waals surface area contributed by atoms with Gasteiger partial charge in [-0.3, -0.25) is 0 Å². The summed E-state index contributed by atoms with van der Waals surface area (Å²) in [5, 5.41) is 10.4. The molecule has 0 radical (unpaired) electrons. The third-order valence-corrected chi connectivity index (χ3v) is 3.49. The third kappa shape index (κ3) is 3.00. The molecule has 0 aliphatic carbocycles. The van der Waals surface area contributed by atoms with Gasteiger partial charge in [-0.1, -0.05) is 15.9 Å². The Labute approximate surface area is 110 Å². The van der Waals surface area contributed by atoms with Gasteiger partial charge in [-0.2, -0.15) is 0 Å². The van der Waals surface area contributed by atoms with Crippen LogP contribution in [-0.2, 0) is 4.74 Å². The van der Waals surface area contributed by atoms with Gasteiger partial charge in [-0.15, -0.1) is 0 Å². The minimum atomic E-state index is -0.517. The van der Waals surface area contributed by atoms with E-state index in [1.807, 2.05) is 25.1 Å². The zero-order valence-corrected chi connectivity index (χ0v) is 11.4.